The summed E-state index contributed by atoms with van der Waals surface area (Å²) in [5.74, 6) is 1.77. The third-order valence-corrected chi connectivity index (χ3v) is 11.8. The highest BCUT2D eigenvalue weighted by atomic mass is 16.3. The van der Waals surface area contributed by atoms with Crippen molar-refractivity contribution in [1.82, 2.24) is 19.5 Å². The van der Waals surface area contributed by atoms with Gasteiger partial charge < -0.3 is 8.98 Å². The third-order valence-electron chi connectivity index (χ3n) is 11.8. The van der Waals surface area contributed by atoms with Gasteiger partial charge >= 0.3 is 0 Å². The first-order chi connectivity index (χ1) is 30.7. The molecule has 0 fully saturated rings. The average Bonchev–Trinajstić information content (AvgIpc) is 3.90. The number of fused-ring (bicyclic) bond motifs is 6. The largest absolute Gasteiger partial charge is 0.455 e. The molecule has 0 spiro atoms. The average molecular weight is 793 g/mol. The van der Waals surface area contributed by atoms with E-state index in [0.29, 0.717) is 17.5 Å². The molecule has 0 aliphatic heterocycles. The van der Waals surface area contributed by atoms with Gasteiger partial charge in [0.15, 0.2) is 17.5 Å². The molecule has 5 nitrogen and oxygen atoms in total. The predicted molar refractivity (Wildman–Crippen MR) is 254 cm³/mol. The Bertz CT molecular complexity index is 3530. The van der Waals surface area contributed by atoms with Gasteiger partial charge in [-0.15, -0.1) is 0 Å². The first-order valence-electron chi connectivity index (χ1n) is 20.8. The fraction of sp³-hybridized carbons (Fsp3) is 0. The molecule has 290 valence electrons. The van der Waals surface area contributed by atoms with Gasteiger partial charge in [0.25, 0.3) is 0 Å². The van der Waals surface area contributed by atoms with Crippen LogP contribution < -0.4 is 0 Å². The quantitative estimate of drug-likeness (QED) is 0.161. The summed E-state index contributed by atoms with van der Waals surface area (Å²) < 4.78 is 9.20. The summed E-state index contributed by atoms with van der Waals surface area (Å²) in [4.78, 5) is 15.4. The monoisotopic (exact) mass is 792 g/mol. The van der Waals surface area contributed by atoms with Crippen molar-refractivity contribution in [3.63, 3.8) is 0 Å². The molecule has 0 aliphatic rings. The highest BCUT2D eigenvalue weighted by Crippen LogP contribution is 2.40. The lowest BCUT2D eigenvalue weighted by Gasteiger charge is -2.10. The van der Waals surface area contributed by atoms with E-state index in [2.05, 4.69) is 211 Å². The zero-order valence-corrected chi connectivity index (χ0v) is 33.5. The zero-order valence-electron chi connectivity index (χ0n) is 33.5. The Balaban J connectivity index is 0.991. The Hall–Kier alpha value is -8.41. The van der Waals surface area contributed by atoms with E-state index in [-0.39, 0.29) is 0 Å². The Morgan fingerprint density at radius 2 is 0.806 bits per heavy atom. The molecule has 3 aromatic heterocycles. The summed E-state index contributed by atoms with van der Waals surface area (Å²) in [5.41, 5.74) is 14.4. The Kier molecular flexibility index (Phi) is 8.42. The number of rotatable bonds is 7. The van der Waals surface area contributed by atoms with E-state index in [1.807, 2.05) is 12.1 Å². The van der Waals surface area contributed by atoms with Crippen molar-refractivity contribution >= 4 is 43.7 Å². The van der Waals surface area contributed by atoms with Crippen molar-refractivity contribution in [2.45, 2.75) is 0 Å². The summed E-state index contributed by atoms with van der Waals surface area (Å²) in [6.07, 6.45) is 0. The number of hydrogen-bond acceptors (Lipinski definition) is 4. The molecule has 62 heavy (non-hydrogen) atoms. The van der Waals surface area contributed by atoms with Crippen LogP contribution in [0.2, 0.25) is 0 Å². The fourth-order valence-corrected chi connectivity index (χ4v) is 8.86. The van der Waals surface area contributed by atoms with Crippen molar-refractivity contribution in [3.8, 4) is 73.2 Å². The van der Waals surface area contributed by atoms with Gasteiger partial charge in [-0.1, -0.05) is 164 Å². The molecule has 3 heterocycles. The maximum Gasteiger partial charge on any atom is 0.164 e. The molecule has 0 bridgehead atoms. The van der Waals surface area contributed by atoms with Crippen molar-refractivity contribution in [1.29, 1.82) is 0 Å². The summed E-state index contributed by atoms with van der Waals surface area (Å²) in [5, 5.41) is 4.50. The summed E-state index contributed by atoms with van der Waals surface area (Å²) in [6, 6.07) is 76.2. The van der Waals surface area contributed by atoms with E-state index in [1.54, 1.807) is 0 Å². The second kappa shape index (κ2) is 14.7. The molecule has 0 N–H and O–H groups in total. The van der Waals surface area contributed by atoms with Crippen LogP contribution in [0.1, 0.15) is 0 Å². The van der Waals surface area contributed by atoms with Crippen molar-refractivity contribution < 1.29 is 4.42 Å². The molecular formula is C57H36N4O. The van der Waals surface area contributed by atoms with Crippen molar-refractivity contribution in [2.75, 3.05) is 0 Å². The summed E-state index contributed by atoms with van der Waals surface area (Å²) in [7, 11) is 0. The zero-order chi connectivity index (χ0) is 41.0. The van der Waals surface area contributed by atoms with E-state index in [0.717, 1.165) is 83.2 Å². The van der Waals surface area contributed by atoms with Gasteiger partial charge in [0.05, 0.1) is 11.0 Å². The van der Waals surface area contributed by atoms with Crippen LogP contribution in [0.15, 0.2) is 223 Å². The Morgan fingerprint density at radius 1 is 0.306 bits per heavy atom. The van der Waals surface area contributed by atoms with Gasteiger partial charge in [0.2, 0.25) is 0 Å². The molecule has 0 atom stereocenters. The predicted octanol–water partition coefficient (Wildman–Crippen LogP) is 14.9. The Morgan fingerprint density at radius 3 is 1.47 bits per heavy atom. The number of nitrogens with zero attached hydrogens (tertiary/aromatic N) is 4. The van der Waals surface area contributed by atoms with Crippen LogP contribution in [-0.4, -0.2) is 19.5 Å². The number of benzene rings is 9. The molecule has 0 saturated carbocycles. The van der Waals surface area contributed by atoms with Crippen LogP contribution in [-0.2, 0) is 0 Å². The molecule has 0 amide bonds. The SMILES string of the molecule is c1ccc(-c2cccc(-c3nc(-c4cccc(-c5ccccc5)c4)nc(-c4ccc5c(c4)oc4c(-c6ccc7c(c6)c6ccccc6n7-c6ccccc6)cccc45)n3)c2)cc1. The lowest BCUT2D eigenvalue weighted by molar-refractivity contribution is 0.670. The maximum absolute atomic E-state index is 6.86. The van der Waals surface area contributed by atoms with E-state index in [1.165, 1.54) is 16.3 Å². The van der Waals surface area contributed by atoms with Crippen molar-refractivity contribution in [3.05, 3.63) is 218 Å². The molecule has 12 aromatic rings. The first kappa shape index (κ1) is 35.5. The fourth-order valence-electron chi connectivity index (χ4n) is 8.86. The number of para-hydroxylation sites is 3. The molecular weight excluding hydrogens is 757 g/mol. The normalized spacial score (nSPS) is 11.5. The minimum atomic E-state index is 0.572. The third kappa shape index (κ3) is 6.14. The van der Waals surface area contributed by atoms with Crippen LogP contribution in [0, 0.1) is 0 Å². The van der Waals surface area contributed by atoms with Gasteiger partial charge in [-0.25, -0.2) is 15.0 Å². The van der Waals surface area contributed by atoms with Gasteiger partial charge in [0.1, 0.15) is 11.2 Å². The Labute approximate surface area is 357 Å². The first-order valence-corrected chi connectivity index (χ1v) is 20.8. The van der Waals surface area contributed by atoms with E-state index >= 15 is 0 Å². The molecule has 0 aliphatic carbocycles. The van der Waals surface area contributed by atoms with E-state index in [9.17, 15) is 0 Å². The molecule has 0 unspecified atom stereocenters. The second-order valence-electron chi connectivity index (χ2n) is 15.6. The van der Waals surface area contributed by atoms with Crippen LogP contribution in [0.3, 0.4) is 0 Å². The van der Waals surface area contributed by atoms with Gasteiger partial charge in [-0.2, -0.15) is 0 Å². The van der Waals surface area contributed by atoms with Crippen LogP contribution in [0.5, 0.6) is 0 Å². The molecule has 5 heteroatoms. The van der Waals surface area contributed by atoms with Crippen LogP contribution >= 0.6 is 0 Å². The molecule has 0 radical (unpaired) electrons. The van der Waals surface area contributed by atoms with E-state index in [4.69, 9.17) is 19.4 Å². The summed E-state index contributed by atoms with van der Waals surface area (Å²) >= 11 is 0. The van der Waals surface area contributed by atoms with Crippen LogP contribution in [0.4, 0.5) is 0 Å². The van der Waals surface area contributed by atoms with E-state index < -0.39 is 0 Å². The van der Waals surface area contributed by atoms with Gasteiger partial charge in [0, 0.05) is 49.5 Å². The minimum Gasteiger partial charge on any atom is -0.455 e. The molecule has 0 saturated heterocycles. The highest BCUT2D eigenvalue weighted by molar-refractivity contribution is 6.13. The smallest absolute Gasteiger partial charge is 0.164 e. The number of hydrogen-bond donors (Lipinski definition) is 0. The second-order valence-corrected chi connectivity index (χ2v) is 15.6. The standard InChI is InChI=1S/C57H36N4O/c1-4-15-37(16-5-1)39-19-12-21-42(33-39)55-58-56(43-22-13-20-40(34-43)38-17-6-2-7-18-38)60-57(59-55)44-29-31-48-49-27-14-26-46(54(49)62-53(48)36-44)41-30-32-52-50(35-41)47-25-10-11-28-51(47)61(52)45-23-8-3-9-24-45/h1-36H. The highest BCUT2D eigenvalue weighted by Gasteiger charge is 2.19. The number of aromatic nitrogens is 4. The van der Waals surface area contributed by atoms with Crippen molar-refractivity contribution in [2.24, 2.45) is 0 Å². The molecule has 12 rings (SSSR count). The van der Waals surface area contributed by atoms with Gasteiger partial charge in [-0.3, -0.25) is 0 Å². The maximum atomic E-state index is 6.86. The molecule has 9 aromatic carbocycles. The lowest BCUT2D eigenvalue weighted by Crippen LogP contribution is -2.00. The summed E-state index contributed by atoms with van der Waals surface area (Å²) in [6.45, 7) is 0. The number of furan rings is 1. The topological polar surface area (TPSA) is 56.7 Å². The minimum absolute atomic E-state index is 0.572. The van der Waals surface area contributed by atoms with Crippen LogP contribution in [0.25, 0.3) is 117 Å². The lowest BCUT2D eigenvalue weighted by atomic mass is 10.00. The van der Waals surface area contributed by atoms with Gasteiger partial charge in [-0.05, 0) is 82.4 Å².